The second kappa shape index (κ2) is 5.19. The lowest BCUT2D eigenvalue weighted by Crippen LogP contribution is -2.17. The molecule has 2 aromatic rings. The Kier molecular flexibility index (Phi) is 3.84. The number of nitrogens with zero attached hydrogens (tertiary/aromatic N) is 2. The monoisotopic (exact) mass is 295 g/mol. The minimum atomic E-state index is 0.426. The van der Waals surface area contributed by atoms with Gasteiger partial charge in [-0.3, -0.25) is 0 Å². The van der Waals surface area contributed by atoms with Crippen LogP contribution in [0.1, 0.15) is 32.6 Å². The van der Waals surface area contributed by atoms with E-state index < -0.39 is 0 Å². The first kappa shape index (κ1) is 12.6. The number of halogens is 1. The molecule has 1 N–H and O–H groups in total. The Bertz CT molecular complexity index is 517. The maximum Gasteiger partial charge on any atom is 0.124 e. The van der Waals surface area contributed by atoms with Gasteiger partial charge in [0.15, 0.2) is 0 Å². The first-order valence-electron chi connectivity index (χ1n) is 6.00. The van der Waals surface area contributed by atoms with Crippen molar-refractivity contribution >= 4 is 27.0 Å². The summed E-state index contributed by atoms with van der Waals surface area (Å²) in [4.78, 5) is 4.70. The Balaban J connectivity index is 2.53. The summed E-state index contributed by atoms with van der Waals surface area (Å²) < 4.78 is 3.37. The van der Waals surface area contributed by atoms with Crippen LogP contribution in [-0.4, -0.2) is 16.1 Å². The molecule has 1 heterocycles. The van der Waals surface area contributed by atoms with Crippen LogP contribution >= 0.6 is 15.9 Å². The van der Waals surface area contributed by atoms with Crippen LogP contribution < -0.4 is 5.32 Å². The van der Waals surface area contributed by atoms with Gasteiger partial charge < -0.3 is 9.88 Å². The summed E-state index contributed by atoms with van der Waals surface area (Å²) in [7, 11) is 0. The van der Waals surface area contributed by atoms with Crippen LogP contribution in [0.3, 0.4) is 0 Å². The number of fused-ring (bicyclic) bond motifs is 1. The Hall–Kier alpha value is -0.870. The molecule has 92 valence electrons. The molecule has 4 heteroatoms. The molecule has 0 atom stereocenters. The second-order valence-corrected chi connectivity index (χ2v) is 5.32. The summed E-state index contributed by atoms with van der Waals surface area (Å²) in [6.07, 6.45) is 0. The van der Waals surface area contributed by atoms with E-state index in [4.69, 9.17) is 4.98 Å². The quantitative estimate of drug-likeness (QED) is 0.936. The van der Waals surface area contributed by atoms with Crippen molar-refractivity contribution in [1.29, 1.82) is 0 Å². The van der Waals surface area contributed by atoms with E-state index in [-0.39, 0.29) is 0 Å². The van der Waals surface area contributed by atoms with Crippen molar-refractivity contribution < 1.29 is 0 Å². The first-order valence-corrected chi connectivity index (χ1v) is 6.80. The zero-order chi connectivity index (χ0) is 12.4. The Morgan fingerprint density at radius 1 is 1.41 bits per heavy atom. The van der Waals surface area contributed by atoms with Gasteiger partial charge in [-0.15, -0.1) is 0 Å². The topological polar surface area (TPSA) is 29.9 Å². The highest BCUT2D eigenvalue weighted by Gasteiger charge is 2.12. The third-order valence-corrected chi connectivity index (χ3v) is 3.27. The molecule has 0 amide bonds. The summed E-state index contributed by atoms with van der Waals surface area (Å²) in [5, 5.41) is 3.34. The number of benzene rings is 1. The molecule has 0 aliphatic carbocycles. The highest BCUT2D eigenvalue weighted by Crippen LogP contribution is 2.24. The van der Waals surface area contributed by atoms with Crippen LogP contribution in [-0.2, 0) is 6.54 Å². The number of hydrogen-bond donors (Lipinski definition) is 1. The average molecular weight is 296 g/mol. The molecule has 2 rings (SSSR count). The van der Waals surface area contributed by atoms with E-state index >= 15 is 0 Å². The number of rotatable bonds is 4. The number of hydrogen-bond acceptors (Lipinski definition) is 2. The van der Waals surface area contributed by atoms with E-state index in [0.717, 1.165) is 28.9 Å². The fraction of sp³-hybridized carbons (Fsp3) is 0.462. The van der Waals surface area contributed by atoms with E-state index in [1.165, 1.54) is 5.52 Å². The number of nitrogens with one attached hydrogen (secondary N) is 1. The minimum absolute atomic E-state index is 0.426. The maximum atomic E-state index is 4.70. The van der Waals surface area contributed by atoms with Gasteiger partial charge in [-0.1, -0.05) is 22.9 Å². The molecule has 0 saturated heterocycles. The van der Waals surface area contributed by atoms with Crippen molar-refractivity contribution in [3.63, 3.8) is 0 Å². The van der Waals surface area contributed by atoms with Crippen molar-refractivity contribution in [2.24, 2.45) is 0 Å². The highest BCUT2D eigenvalue weighted by molar-refractivity contribution is 9.10. The van der Waals surface area contributed by atoms with Crippen LogP contribution in [0, 0.1) is 0 Å². The smallest absolute Gasteiger partial charge is 0.124 e. The van der Waals surface area contributed by atoms with Gasteiger partial charge >= 0.3 is 0 Å². The van der Waals surface area contributed by atoms with Gasteiger partial charge in [0.2, 0.25) is 0 Å². The number of aromatic nitrogens is 2. The summed E-state index contributed by atoms with van der Waals surface area (Å²) in [5.74, 6) is 1.11. The van der Waals surface area contributed by atoms with Gasteiger partial charge in [-0.05, 0) is 38.6 Å². The molecule has 0 unspecified atom stereocenters. The summed E-state index contributed by atoms with van der Waals surface area (Å²) in [6.45, 7) is 8.28. The van der Waals surface area contributed by atoms with Crippen molar-refractivity contribution in [2.75, 3.05) is 6.54 Å². The van der Waals surface area contributed by atoms with Gasteiger partial charge in [0.1, 0.15) is 5.82 Å². The summed E-state index contributed by atoms with van der Waals surface area (Å²) in [5.41, 5.74) is 2.26. The lowest BCUT2D eigenvalue weighted by Gasteiger charge is -2.13. The largest absolute Gasteiger partial charge is 0.324 e. The Morgan fingerprint density at radius 2 is 2.18 bits per heavy atom. The summed E-state index contributed by atoms with van der Waals surface area (Å²) >= 11 is 3.49. The predicted molar refractivity (Wildman–Crippen MR) is 75.2 cm³/mol. The SMILES string of the molecule is CCNCc1nc2cc(Br)ccc2n1C(C)C. The van der Waals surface area contributed by atoms with E-state index in [1.807, 2.05) is 0 Å². The summed E-state index contributed by atoms with van der Waals surface area (Å²) in [6, 6.07) is 6.70. The second-order valence-electron chi connectivity index (χ2n) is 4.41. The zero-order valence-electron chi connectivity index (χ0n) is 10.5. The third-order valence-electron chi connectivity index (χ3n) is 2.77. The van der Waals surface area contributed by atoms with Gasteiger partial charge in [0.05, 0.1) is 17.6 Å². The van der Waals surface area contributed by atoms with Crippen molar-refractivity contribution in [1.82, 2.24) is 14.9 Å². The van der Waals surface area contributed by atoms with E-state index in [9.17, 15) is 0 Å². The standard InChI is InChI=1S/C13H18BrN3/c1-4-15-8-13-16-11-7-10(14)5-6-12(11)17(13)9(2)3/h5-7,9,15H,4,8H2,1-3H3. The molecular weight excluding hydrogens is 278 g/mol. The Morgan fingerprint density at radius 3 is 2.82 bits per heavy atom. The molecular formula is C13H18BrN3. The normalized spacial score (nSPS) is 11.6. The average Bonchev–Trinajstić information content (AvgIpc) is 2.63. The van der Waals surface area contributed by atoms with Crippen LogP contribution in [0.5, 0.6) is 0 Å². The molecule has 17 heavy (non-hydrogen) atoms. The molecule has 0 aliphatic heterocycles. The van der Waals surface area contributed by atoms with E-state index in [1.54, 1.807) is 0 Å². The van der Waals surface area contributed by atoms with Crippen molar-refractivity contribution in [2.45, 2.75) is 33.4 Å². The van der Waals surface area contributed by atoms with Gasteiger partial charge in [0.25, 0.3) is 0 Å². The molecule has 0 spiro atoms. The zero-order valence-corrected chi connectivity index (χ0v) is 12.1. The molecule has 1 aromatic carbocycles. The third kappa shape index (κ3) is 2.53. The first-order chi connectivity index (χ1) is 8.13. The maximum absolute atomic E-state index is 4.70. The lowest BCUT2D eigenvalue weighted by atomic mass is 10.3. The molecule has 1 aromatic heterocycles. The molecule has 0 bridgehead atoms. The minimum Gasteiger partial charge on any atom is -0.324 e. The van der Waals surface area contributed by atoms with Crippen molar-refractivity contribution in [3.8, 4) is 0 Å². The molecule has 0 fully saturated rings. The fourth-order valence-electron chi connectivity index (χ4n) is 2.06. The molecule has 0 radical (unpaired) electrons. The molecule has 3 nitrogen and oxygen atoms in total. The van der Waals surface area contributed by atoms with E-state index in [2.05, 4.69) is 64.8 Å². The fourth-order valence-corrected chi connectivity index (χ4v) is 2.41. The van der Waals surface area contributed by atoms with Crippen molar-refractivity contribution in [3.05, 3.63) is 28.5 Å². The van der Waals surface area contributed by atoms with Gasteiger partial charge in [0, 0.05) is 10.5 Å². The van der Waals surface area contributed by atoms with Crippen LogP contribution in [0.25, 0.3) is 11.0 Å². The lowest BCUT2D eigenvalue weighted by molar-refractivity contribution is 0.560. The highest BCUT2D eigenvalue weighted by atomic mass is 79.9. The number of imidazole rings is 1. The molecule has 0 saturated carbocycles. The van der Waals surface area contributed by atoms with Crippen LogP contribution in [0.2, 0.25) is 0 Å². The van der Waals surface area contributed by atoms with Crippen LogP contribution in [0.4, 0.5) is 0 Å². The van der Waals surface area contributed by atoms with E-state index in [0.29, 0.717) is 6.04 Å². The predicted octanol–water partition coefficient (Wildman–Crippen LogP) is 3.49. The van der Waals surface area contributed by atoms with Gasteiger partial charge in [-0.25, -0.2) is 4.98 Å². The molecule has 0 aliphatic rings. The Labute approximate surface area is 110 Å². The van der Waals surface area contributed by atoms with Crippen LogP contribution in [0.15, 0.2) is 22.7 Å². The van der Waals surface area contributed by atoms with Gasteiger partial charge in [-0.2, -0.15) is 0 Å².